The molecule has 0 aromatic rings. The lowest BCUT2D eigenvalue weighted by atomic mass is 10.0. The van der Waals surface area contributed by atoms with E-state index in [2.05, 4.69) is 5.32 Å². The molecule has 0 bridgehead atoms. The normalized spacial score (nSPS) is 14.1. The highest BCUT2D eigenvalue weighted by molar-refractivity contribution is 5.76. The topological polar surface area (TPSA) is 49.3 Å². The van der Waals surface area contributed by atoms with E-state index in [0.29, 0.717) is 6.42 Å². The van der Waals surface area contributed by atoms with Crippen molar-refractivity contribution in [2.75, 3.05) is 6.61 Å². The van der Waals surface area contributed by atoms with Crippen molar-refractivity contribution in [3.63, 3.8) is 0 Å². The summed E-state index contributed by atoms with van der Waals surface area (Å²) in [6.07, 6.45) is -5.54. The van der Waals surface area contributed by atoms with E-state index in [0.717, 1.165) is 0 Å². The van der Waals surface area contributed by atoms with Crippen molar-refractivity contribution in [3.8, 4) is 0 Å². The molecule has 6 heteroatoms. The highest BCUT2D eigenvalue weighted by Gasteiger charge is 2.31. The molecule has 1 atom stereocenters. The summed E-state index contributed by atoms with van der Waals surface area (Å²) in [6, 6.07) is -0.597. The molecule has 0 fully saturated rings. The monoisotopic (exact) mass is 227 g/mol. The number of aliphatic hydroxyl groups is 1. The summed E-state index contributed by atoms with van der Waals surface area (Å²) in [5.41, 5.74) is 0. The Labute approximate surface area is 86.7 Å². The number of aliphatic hydroxyl groups excluding tert-OH is 1. The number of alkyl halides is 3. The van der Waals surface area contributed by atoms with Crippen molar-refractivity contribution in [2.45, 2.75) is 38.9 Å². The number of rotatable bonds is 5. The Morgan fingerprint density at radius 3 is 2.27 bits per heavy atom. The molecule has 3 nitrogen and oxygen atoms in total. The molecule has 90 valence electrons. The molecule has 0 aromatic carbocycles. The fourth-order valence-electron chi connectivity index (χ4n) is 1.21. The molecule has 0 aromatic heterocycles. The number of amides is 1. The van der Waals surface area contributed by atoms with Crippen molar-refractivity contribution in [2.24, 2.45) is 5.92 Å². The summed E-state index contributed by atoms with van der Waals surface area (Å²) >= 11 is 0. The molecule has 0 radical (unpaired) electrons. The average Bonchev–Trinajstić information content (AvgIpc) is 1.98. The number of hydrogen-bond acceptors (Lipinski definition) is 2. The van der Waals surface area contributed by atoms with E-state index >= 15 is 0 Å². The SMILES string of the molecule is CC(C)CC(CO)NC(=O)CC(F)(F)F. The molecule has 1 amide bonds. The maximum absolute atomic E-state index is 11.8. The van der Waals surface area contributed by atoms with Crippen molar-refractivity contribution >= 4 is 5.91 Å². The van der Waals surface area contributed by atoms with Crippen LogP contribution in [0.25, 0.3) is 0 Å². The number of carbonyl (C=O) groups excluding carboxylic acids is 1. The number of nitrogens with one attached hydrogen (secondary N) is 1. The first-order valence-corrected chi connectivity index (χ1v) is 4.71. The van der Waals surface area contributed by atoms with Gasteiger partial charge in [-0.3, -0.25) is 4.79 Å². The van der Waals surface area contributed by atoms with Crippen LogP contribution in [0.4, 0.5) is 13.2 Å². The predicted molar refractivity (Wildman–Crippen MR) is 49.1 cm³/mol. The van der Waals surface area contributed by atoms with Crippen molar-refractivity contribution in [1.29, 1.82) is 0 Å². The summed E-state index contributed by atoms with van der Waals surface area (Å²) in [6.45, 7) is 3.37. The van der Waals surface area contributed by atoms with Crippen LogP contribution in [0.15, 0.2) is 0 Å². The van der Waals surface area contributed by atoms with Crippen LogP contribution < -0.4 is 5.32 Å². The van der Waals surface area contributed by atoms with Gasteiger partial charge >= 0.3 is 6.18 Å². The minimum absolute atomic E-state index is 0.202. The lowest BCUT2D eigenvalue weighted by Crippen LogP contribution is -2.40. The van der Waals surface area contributed by atoms with Crippen molar-refractivity contribution in [3.05, 3.63) is 0 Å². The van der Waals surface area contributed by atoms with E-state index in [9.17, 15) is 18.0 Å². The zero-order valence-corrected chi connectivity index (χ0v) is 8.77. The largest absolute Gasteiger partial charge is 0.397 e. The maximum Gasteiger partial charge on any atom is 0.397 e. The maximum atomic E-state index is 11.8. The van der Waals surface area contributed by atoms with Crippen LogP contribution in [-0.4, -0.2) is 29.8 Å². The molecule has 0 rings (SSSR count). The van der Waals surface area contributed by atoms with Gasteiger partial charge in [0.25, 0.3) is 0 Å². The van der Waals surface area contributed by atoms with Gasteiger partial charge in [-0.25, -0.2) is 0 Å². The first-order valence-electron chi connectivity index (χ1n) is 4.71. The van der Waals surface area contributed by atoms with Gasteiger partial charge in [-0.05, 0) is 12.3 Å². The van der Waals surface area contributed by atoms with Gasteiger partial charge in [-0.2, -0.15) is 13.2 Å². The van der Waals surface area contributed by atoms with Crippen molar-refractivity contribution in [1.82, 2.24) is 5.32 Å². The highest BCUT2D eigenvalue weighted by Crippen LogP contribution is 2.19. The second kappa shape index (κ2) is 5.95. The molecule has 0 aliphatic heterocycles. The molecular formula is C9H16F3NO2. The van der Waals surface area contributed by atoms with Crippen LogP contribution in [0, 0.1) is 5.92 Å². The third kappa shape index (κ3) is 8.23. The standard InChI is InChI=1S/C9H16F3NO2/c1-6(2)3-7(5-14)13-8(15)4-9(10,11)12/h6-7,14H,3-5H2,1-2H3,(H,13,15). The second-order valence-electron chi connectivity index (χ2n) is 3.87. The van der Waals surface area contributed by atoms with E-state index in [4.69, 9.17) is 5.11 Å². The van der Waals surface area contributed by atoms with Gasteiger partial charge in [0.1, 0.15) is 6.42 Å². The van der Waals surface area contributed by atoms with Crippen molar-refractivity contribution < 1.29 is 23.1 Å². The van der Waals surface area contributed by atoms with E-state index < -0.39 is 24.5 Å². The predicted octanol–water partition coefficient (Wildman–Crippen LogP) is 1.46. The molecule has 0 aliphatic rings. The van der Waals surface area contributed by atoms with Gasteiger partial charge in [-0.15, -0.1) is 0 Å². The summed E-state index contributed by atoms with van der Waals surface area (Å²) in [7, 11) is 0. The van der Waals surface area contributed by atoms with Crippen LogP contribution in [0.1, 0.15) is 26.7 Å². The van der Waals surface area contributed by atoms with E-state index in [-0.39, 0.29) is 12.5 Å². The molecule has 0 saturated heterocycles. The molecule has 1 unspecified atom stereocenters. The fraction of sp³-hybridized carbons (Fsp3) is 0.889. The molecule has 0 spiro atoms. The minimum Gasteiger partial charge on any atom is -0.394 e. The quantitative estimate of drug-likeness (QED) is 0.747. The van der Waals surface area contributed by atoms with Crippen LogP contribution >= 0.6 is 0 Å². The third-order valence-electron chi connectivity index (χ3n) is 1.70. The number of halogens is 3. The molecule has 0 saturated carbocycles. The van der Waals surface area contributed by atoms with E-state index in [1.807, 2.05) is 13.8 Å². The second-order valence-corrected chi connectivity index (χ2v) is 3.87. The lowest BCUT2D eigenvalue weighted by Gasteiger charge is -2.18. The van der Waals surface area contributed by atoms with Gasteiger partial charge in [0.05, 0.1) is 12.6 Å². The van der Waals surface area contributed by atoms with Crippen LogP contribution in [-0.2, 0) is 4.79 Å². The van der Waals surface area contributed by atoms with Crippen LogP contribution in [0.5, 0.6) is 0 Å². The van der Waals surface area contributed by atoms with Gasteiger partial charge < -0.3 is 10.4 Å². The molecule has 15 heavy (non-hydrogen) atoms. The van der Waals surface area contributed by atoms with Gasteiger partial charge in [-0.1, -0.05) is 13.8 Å². The van der Waals surface area contributed by atoms with E-state index in [1.54, 1.807) is 0 Å². The van der Waals surface area contributed by atoms with Gasteiger partial charge in [0.2, 0.25) is 5.91 Å². The van der Waals surface area contributed by atoms with Crippen LogP contribution in [0.2, 0.25) is 0 Å². The Morgan fingerprint density at radius 1 is 1.40 bits per heavy atom. The summed E-state index contributed by atoms with van der Waals surface area (Å²) in [4.78, 5) is 10.9. The lowest BCUT2D eigenvalue weighted by molar-refractivity contribution is -0.154. The minimum atomic E-state index is -4.50. The molecule has 0 aliphatic carbocycles. The number of hydrogen-bond donors (Lipinski definition) is 2. The Bertz CT molecular complexity index is 204. The van der Waals surface area contributed by atoms with Gasteiger partial charge in [0, 0.05) is 0 Å². The Hall–Kier alpha value is -0.780. The summed E-state index contributed by atoms with van der Waals surface area (Å²) in [5, 5.41) is 11.0. The first-order chi connectivity index (χ1) is 6.74. The zero-order valence-electron chi connectivity index (χ0n) is 8.77. The smallest absolute Gasteiger partial charge is 0.394 e. The molecule has 2 N–H and O–H groups in total. The fourth-order valence-corrected chi connectivity index (χ4v) is 1.21. The summed E-state index contributed by atoms with van der Waals surface area (Å²) < 4.78 is 35.4. The van der Waals surface area contributed by atoms with E-state index in [1.165, 1.54) is 0 Å². The molecule has 0 heterocycles. The third-order valence-corrected chi connectivity index (χ3v) is 1.70. The number of carbonyl (C=O) groups is 1. The Balaban J connectivity index is 4.02. The Morgan fingerprint density at radius 2 is 1.93 bits per heavy atom. The first kappa shape index (κ1) is 14.2. The zero-order chi connectivity index (χ0) is 12.1. The Kier molecular flexibility index (Phi) is 5.64. The average molecular weight is 227 g/mol. The summed E-state index contributed by atoms with van der Waals surface area (Å²) in [5.74, 6) is -0.893. The van der Waals surface area contributed by atoms with Crippen LogP contribution in [0.3, 0.4) is 0 Å². The highest BCUT2D eigenvalue weighted by atomic mass is 19.4. The van der Waals surface area contributed by atoms with Gasteiger partial charge in [0.15, 0.2) is 0 Å². The molecular weight excluding hydrogens is 211 g/mol.